The van der Waals surface area contributed by atoms with E-state index >= 15 is 0 Å². The van der Waals surface area contributed by atoms with Crippen LogP contribution in [-0.2, 0) is 6.18 Å². The average Bonchev–Trinajstić information content (AvgIpc) is 3.24. The van der Waals surface area contributed by atoms with Crippen LogP contribution in [0, 0.1) is 0 Å². The van der Waals surface area contributed by atoms with Crippen molar-refractivity contribution in [2.75, 3.05) is 36.0 Å². The summed E-state index contributed by atoms with van der Waals surface area (Å²) in [6, 6.07) is 11.0. The fourth-order valence-electron chi connectivity index (χ4n) is 3.71. The van der Waals surface area contributed by atoms with E-state index in [-0.39, 0.29) is 5.95 Å². The van der Waals surface area contributed by atoms with Crippen LogP contribution in [0.5, 0.6) is 0 Å². The molecule has 1 saturated heterocycles. The van der Waals surface area contributed by atoms with E-state index in [9.17, 15) is 13.2 Å². The normalized spacial score (nSPS) is 14.9. The number of rotatable bonds is 3. The molecule has 5 rings (SSSR count). The third-order valence-electron chi connectivity index (χ3n) is 5.23. The average molecular weight is 442 g/mol. The Kier molecular flexibility index (Phi) is 4.93. The molecule has 0 spiro atoms. The second kappa shape index (κ2) is 7.77. The van der Waals surface area contributed by atoms with Gasteiger partial charge in [-0.15, -0.1) is 11.3 Å². The molecule has 0 atom stereocenters. The molecule has 1 fully saturated rings. The summed E-state index contributed by atoms with van der Waals surface area (Å²) < 4.78 is 39.0. The molecule has 4 aromatic rings. The third kappa shape index (κ3) is 3.78. The number of hydrogen-bond acceptors (Lipinski definition) is 7. The van der Waals surface area contributed by atoms with Crippen LogP contribution >= 0.6 is 11.3 Å². The number of thiophene rings is 1. The Labute approximate surface area is 180 Å². The Morgan fingerprint density at radius 3 is 2.35 bits per heavy atom. The minimum absolute atomic E-state index is 0.0998. The molecule has 0 amide bonds. The molecule has 0 N–H and O–H groups in total. The predicted octanol–water partition coefficient (Wildman–Crippen LogP) is 4.49. The van der Waals surface area contributed by atoms with E-state index < -0.39 is 11.9 Å². The van der Waals surface area contributed by atoms with Crippen LogP contribution < -0.4 is 9.80 Å². The Morgan fingerprint density at radius 1 is 0.871 bits per heavy atom. The van der Waals surface area contributed by atoms with E-state index in [4.69, 9.17) is 0 Å². The molecule has 1 aliphatic heterocycles. The van der Waals surface area contributed by atoms with Crippen molar-refractivity contribution in [3.05, 3.63) is 60.0 Å². The van der Waals surface area contributed by atoms with E-state index in [2.05, 4.69) is 42.3 Å². The summed E-state index contributed by atoms with van der Waals surface area (Å²) in [5, 5.41) is 3.09. The van der Waals surface area contributed by atoms with Gasteiger partial charge in [0.05, 0.1) is 5.39 Å². The number of piperazine rings is 1. The molecule has 10 heteroatoms. The van der Waals surface area contributed by atoms with Crippen molar-refractivity contribution in [1.82, 2.24) is 19.9 Å². The van der Waals surface area contributed by atoms with Gasteiger partial charge in [0, 0.05) is 43.3 Å². The molecule has 3 aromatic heterocycles. The van der Waals surface area contributed by atoms with Gasteiger partial charge in [-0.05, 0) is 11.6 Å². The van der Waals surface area contributed by atoms with Crippen LogP contribution in [0.3, 0.4) is 0 Å². The zero-order valence-corrected chi connectivity index (χ0v) is 17.1. The zero-order valence-electron chi connectivity index (χ0n) is 16.3. The second-order valence-electron chi connectivity index (χ2n) is 7.11. The molecular formula is C21H17F3N6S. The van der Waals surface area contributed by atoms with E-state index in [1.165, 1.54) is 0 Å². The molecule has 4 heterocycles. The highest BCUT2D eigenvalue weighted by molar-refractivity contribution is 7.17. The van der Waals surface area contributed by atoms with Crippen LogP contribution in [0.2, 0.25) is 0 Å². The maximum absolute atomic E-state index is 13.0. The minimum Gasteiger partial charge on any atom is -0.352 e. The van der Waals surface area contributed by atoms with Gasteiger partial charge in [0.15, 0.2) is 0 Å². The molecule has 1 aromatic carbocycles. The fraction of sp³-hybridized carbons (Fsp3) is 0.238. The predicted molar refractivity (Wildman–Crippen MR) is 114 cm³/mol. The lowest BCUT2D eigenvalue weighted by Crippen LogP contribution is -2.47. The number of alkyl halides is 3. The van der Waals surface area contributed by atoms with Crippen LogP contribution in [0.15, 0.2) is 54.3 Å². The monoisotopic (exact) mass is 442 g/mol. The number of benzene rings is 1. The molecule has 0 aliphatic carbocycles. The molecule has 0 bridgehead atoms. The van der Waals surface area contributed by atoms with Gasteiger partial charge < -0.3 is 9.80 Å². The first-order valence-electron chi connectivity index (χ1n) is 9.68. The van der Waals surface area contributed by atoms with Crippen molar-refractivity contribution < 1.29 is 13.2 Å². The molecule has 0 unspecified atom stereocenters. The summed E-state index contributed by atoms with van der Waals surface area (Å²) in [7, 11) is 0. The number of fused-ring (bicyclic) bond motifs is 1. The largest absolute Gasteiger partial charge is 0.433 e. The molecular weight excluding hydrogens is 425 g/mol. The summed E-state index contributed by atoms with van der Waals surface area (Å²) in [4.78, 5) is 21.6. The van der Waals surface area contributed by atoms with Gasteiger partial charge in [0.1, 0.15) is 22.7 Å². The quantitative estimate of drug-likeness (QED) is 0.466. The van der Waals surface area contributed by atoms with Crippen molar-refractivity contribution in [1.29, 1.82) is 0 Å². The van der Waals surface area contributed by atoms with Gasteiger partial charge in [-0.2, -0.15) is 13.2 Å². The smallest absolute Gasteiger partial charge is 0.352 e. The first-order chi connectivity index (χ1) is 15.0. The minimum atomic E-state index is -4.49. The Morgan fingerprint density at radius 2 is 1.61 bits per heavy atom. The maximum atomic E-state index is 13.0. The van der Waals surface area contributed by atoms with E-state index in [0.717, 1.165) is 39.4 Å². The Balaban J connectivity index is 1.41. The van der Waals surface area contributed by atoms with E-state index in [1.54, 1.807) is 22.6 Å². The highest BCUT2D eigenvalue weighted by atomic mass is 32.1. The van der Waals surface area contributed by atoms with Crippen LogP contribution in [0.4, 0.5) is 24.9 Å². The summed E-state index contributed by atoms with van der Waals surface area (Å²) in [5.41, 5.74) is 1.25. The number of halogens is 3. The van der Waals surface area contributed by atoms with Crippen LogP contribution in [-0.4, -0.2) is 46.1 Å². The highest BCUT2D eigenvalue weighted by Gasteiger charge is 2.33. The second-order valence-corrected chi connectivity index (χ2v) is 7.96. The van der Waals surface area contributed by atoms with Gasteiger partial charge in [-0.25, -0.2) is 19.9 Å². The molecule has 158 valence electrons. The van der Waals surface area contributed by atoms with Gasteiger partial charge in [0.25, 0.3) is 0 Å². The van der Waals surface area contributed by atoms with E-state index in [0.29, 0.717) is 26.2 Å². The first-order valence-corrected chi connectivity index (χ1v) is 10.6. The van der Waals surface area contributed by atoms with Gasteiger partial charge in [-0.1, -0.05) is 30.3 Å². The lowest BCUT2D eigenvalue weighted by Gasteiger charge is -2.35. The lowest BCUT2D eigenvalue weighted by molar-refractivity contribution is -0.141. The Hall–Kier alpha value is -3.27. The molecule has 6 nitrogen and oxygen atoms in total. The van der Waals surface area contributed by atoms with Crippen LogP contribution in [0.1, 0.15) is 5.69 Å². The molecule has 1 aliphatic rings. The third-order valence-corrected chi connectivity index (χ3v) is 6.12. The van der Waals surface area contributed by atoms with Gasteiger partial charge in [0.2, 0.25) is 5.95 Å². The first kappa shape index (κ1) is 19.7. The standard InChI is InChI=1S/C21H17F3N6S/c22-21(23,24)16-6-7-25-20(28-16)30-10-8-29(9-11-30)18-17-15(14-4-2-1-3-5-14)12-31-19(17)27-13-26-18/h1-7,12-13H,8-11H2. The molecule has 0 saturated carbocycles. The summed E-state index contributed by atoms with van der Waals surface area (Å²) in [5.74, 6) is 0.942. The number of nitrogens with zero attached hydrogens (tertiary/aromatic N) is 6. The summed E-state index contributed by atoms with van der Waals surface area (Å²) in [6.45, 7) is 2.18. The van der Waals surface area contributed by atoms with Crippen molar-refractivity contribution in [2.45, 2.75) is 6.18 Å². The van der Waals surface area contributed by atoms with Crippen LogP contribution in [0.25, 0.3) is 21.3 Å². The topological polar surface area (TPSA) is 58.0 Å². The lowest BCUT2D eigenvalue weighted by atomic mass is 10.1. The van der Waals surface area contributed by atoms with E-state index in [1.807, 2.05) is 18.2 Å². The fourth-order valence-corrected chi connectivity index (χ4v) is 4.62. The highest BCUT2D eigenvalue weighted by Crippen LogP contribution is 2.38. The summed E-state index contributed by atoms with van der Waals surface area (Å²) >= 11 is 1.57. The van der Waals surface area contributed by atoms with Crippen molar-refractivity contribution >= 4 is 33.3 Å². The Bertz CT molecular complexity index is 1200. The maximum Gasteiger partial charge on any atom is 0.433 e. The number of hydrogen-bond donors (Lipinski definition) is 0. The van der Waals surface area contributed by atoms with Crippen molar-refractivity contribution in [3.8, 4) is 11.1 Å². The van der Waals surface area contributed by atoms with Gasteiger partial charge >= 0.3 is 6.18 Å². The van der Waals surface area contributed by atoms with Gasteiger partial charge in [-0.3, -0.25) is 0 Å². The SMILES string of the molecule is FC(F)(F)c1ccnc(N2CCN(c3ncnc4scc(-c5ccccc5)c34)CC2)n1. The van der Waals surface area contributed by atoms with Crippen molar-refractivity contribution in [2.24, 2.45) is 0 Å². The number of anilines is 2. The summed E-state index contributed by atoms with van der Waals surface area (Å²) in [6.07, 6.45) is -1.77. The molecule has 31 heavy (non-hydrogen) atoms. The zero-order chi connectivity index (χ0) is 21.4. The van der Waals surface area contributed by atoms with Crippen molar-refractivity contribution in [3.63, 3.8) is 0 Å². The number of aromatic nitrogens is 4. The molecule has 0 radical (unpaired) electrons.